The molecular weight excluding hydrogens is 246 g/mol. The molecule has 1 aromatic heterocycles. The first kappa shape index (κ1) is 12.8. The molecule has 0 bridgehead atoms. The lowest BCUT2D eigenvalue weighted by atomic mass is 9.97. The van der Waals surface area contributed by atoms with Crippen LogP contribution in [0.4, 0.5) is 0 Å². The molecule has 0 spiro atoms. The molecule has 0 radical (unpaired) electrons. The van der Waals surface area contributed by atoms with E-state index in [0.717, 1.165) is 11.0 Å². The molecule has 1 N–H and O–H groups in total. The highest BCUT2D eigenvalue weighted by Crippen LogP contribution is 2.24. The Morgan fingerprint density at radius 2 is 1.65 bits per heavy atom. The first-order valence-electron chi connectivity index (χ1n) is 6.72. The molecular formula is C17H17N3. The summed E-state index contributed by atoms with van der Waals surface area (Å²) in [6, 6.07) is 15.0. The highest BCUT2D eigenvalue weighted by atomic mass is 14.9. The van der Waals surface area contributed by atoms with Crippen molar-refractivity contribution in [2.45, 2.75) is 13.0 Å². The fourth-order valence-corrected chi connectivity index (χ4v) is 2.54. The largest absolute Gasteiger partial charge is 0.309 e. The molecule has 3 nitrogen and oxygen atoms in total. The van der Waals surface area contributed by atoms with E-state index in [1.165, 1.54) is 16.7 Å². The summed E-state index contributed by atoms with van der Waals surface area (Å²) in [4.78, 5) is 8.69. The van der Waals surface area contributed by atoms with Gasteiger partial charge in [0, 0.05) is 12.4 Å². The van der Waals surface area contributed by atoms with E-state index in [0.29, 0.717) is 0 Å². The molecule has 3 heteroatoms. The molecule has 20 heavy (non-hydrogen) atoms. The Morgan fingerprint density at radius 3 is 2.40 bits per heavy atom. The predicted molar refractivity (Wildman–Crippen MR) is 81.6 cm³/mol. The Bertz CT molecular complexity index is 737. The Kier molecular flexibility index (Phi) is 3.44. The van der Waals surface area contributed by atoms with Crippen LogP contribution in [0.1, 0.15) is 22.7 Å². The average Bonchev–Trinajstić information content (AvgIpc) is 2.48. The van der Waals surface area contributed by atoms with Gasteiger partial charge < -0.3 is 5.32 Å². The van der Waals surface area contributed by atoms with Crippen LogP contribution >= 0.6 is 0 Å². The van der Waals surface area contributed by atoms with Crippen molar-refractivity contribution < 1.29 is 0 Å². The lowest BCUT2D eigenvalue weighted by Gasteiger charge is -2.18. The SMILES string of the molecule is CNC(c1cccc(C)c1)c1ccc2nccnc2c1. The highest BCUT2D eigenvalue weighted by molar-refractivity contribution is 5.74. The fraction of sp³-hybridized carbons (Fsp3) is 0.176. The molecule has 2 aromatic carbocycles. The van der Waals surface area contributed by atoms with Gasteiger partial charge in [-0.3, -0.25) is 9.97 Å². The molecule has 0 fully saturated rings. The van der Waals surface area contributed by atoms with E-state index in [1.54, 1.807) is 12.4 Å². The quantitative estimate of drug-likeness (QED) is 0.788. The summed E-state index contributed by atoms with van der Waals surface area (Å²) in [6.45, 7) is 2.11. The molecule has 1 unspecified atom stereocenters. The first-order chi connectivity index (χ1) is 9.78. The Morgan fingerprint density at radius 1 is 0.900 bits per heavy atom. The molecule has 0 aliphatic heterocycles. The van der Waals surface area contributed by atoms with Crippen LogP contribution in [-0.4, -0.2) is 17.0 Å². The zero-order valence-corrected chi connectivity index (χ0v) is 11.7. The third-order valence-corrected chi connectivity index (χ3v) is 3.49. The van der Waals surface area contributed by atoms with Gasteiger partial charge in [-0.1, -0.05) is 35.9 Å². The van der Waals surface area contributed by atoms with Gasteiger partial charge >= 0.3 is 0 Å². The van der Waals surface area contributed by atoms with Crippen molar-refractivity contribution in [2.75, 3.05) is 7.05 Å². The van der Waals surface area contributed by atoms with Gasteiger partial charge in [0.2, 0.25) is 0 Å². The highest BCUT2D eigenvalue weighted by Gasteiger charge is 2.12. The third-order valence-electron chi connectivity index (χ3n) is 3.49. The molecule has 100 valence electrons. The van der Waals surface area contributed by atoms with E-state index < -0.39 is 0 Å². The molecule has 0 aliphatic carbocycles. The van der Waals surface area contributed by atoms with E-state index in [9.17, 15) is 0 Å². The number of rotatable bonds is 3. The van der Waals surface area contributed by atoms with Crippen LogP contribution < -0.4 is 5.32 Å². The molecule has 0 saturated carbocycles. The predicted octanol–water partition coefficient (Wildman–Crippen LogP) is 3.25. The fourth-order valence-electron chi connectivity index (χ4n) is 2.54. The van der Waals surface area contributed by atoms with E-state index in [2.05, 4.69) is 58.6 Å². The Balaban J connectivity index is 2.07. The number of aromatic nitrogens is 2. The van der Waals surface area contributed by atoms with Gasteiger partial charge in [-0.05, 0) is 37.2 Å². The topological polar surface area (TPSA) is 37.8 Å². The minimum atomic E-state index is 0.168. The maximum Gasteiger partial charge on any atom is 0.0890 e. The normalized spacial score (nSPS) is 12.5. The first-order valence-corrected chi connectivity index (χ1v) is 6.72. The van der Waals surface area contributed by atoms with E-state index in [1.807, 2.05) is 13.1 Å². The molecule has 3 aromatic rings. The minimum Gasteiger partial charge on any atom is -0.309 e. The lowest BCUT2D eigenvalue weighted by Crippen LogP contribution is -2.17. The number of nitrogens with one attached hydrogen (secondary N) is 1. The maximum absolute atomic E-state index is 4.38. The summed E-state index contributed by atoms with van der Waals surface area (Å²) in [6.07, 6.45) is 3.45. The van der Waals surface area contributed by atoms with E-state index >= 15 is 0 Å². The standard InChI is InChI=1S/C17H17N3/c1-12-4-3-5-13(10-12)17(18-2)14-6-7-15-16(11-14)20-9-8-19-15/h3-11,17-18H,1-2H3. The van der Waals surface area contributed by atoms with Crippen LogP contribution in [0.3, 0.4) is 0 Å². The van der Waals surface area contributed by atoms with Gasteiger partial charge in [-0.2, -0.15) is 0 Å². The van der Waals surface area contributed by atoms with Gasteiger partial charge in [0.1, 0.15) is 0 Å². The zero-order valence-electron chi connectivity index (χ0n) is 11.7. The van der Waals surface area contributed by atoms with Crippen molar-refractivity contribution in [3.8, 4) is 0 Å². The van der Waals surface area contributed by atoms with Crippen LogP contribution in [0.5, 0.6) is 0 Å². The summed E-state index contributed by atoms with van der Waals surface area (Å²) in [5, 5.41) is 3.38. The van der Waals surface area contributed by atoms with Crippen LogP contribution in [0, 0.1) is 6.92 Å². The molecule has 0 saturated heterocycles. The van der Waals surface area contributed by atoms with Crippen molar-refractivity contribution in [1.82, 2.24) is 15.3 Å². The van der Waals surface area contributed by atoms with Crippen molar-refractivity contribution in [3.63, 3.8) is 0 Å². The summed E-state index contributed by atoms with van der Waals surface area (Å²) < 4.78 is 0. The van der Waals surface area contributed by atoms with Gasteiger partial charge in [0.25, 0.3) is 0 Å². The van der Waals surface area contributed by atoms with Gasteiger partial charge in [0.15, 0.2) is 0 Å². The monoisotopic (exact) mass is 263 g/mol. The smallest absolute Gasteiger partial charge is 0.0890 e. The summed E-state index contributed by atoms with van der Waals surface area (Å²) in [7, 11) is 1.98. The van der Waals surface area contributed by atoms with Gasteiger partial charge in [0.05, 0.1) is 17.1 Å². The van der Waals surface area contributed by atoms with Crippen LogP contribution in [0.15, 0.2) is 54.9 Å². The number of nitrogens with zero attached hydrogens (tertiary/aromatic N) is 2. The van der Waals surface area contributed by atoms with Gasteiger partial charge in [-0.25, -0.2) is 0 Å². The summed E-state index contributed by atoms with van der Waals surface area (Å²) in [5.41, 5.74) is 5.58. The maximum atomic E-state index is 4.38. The van der Waals surface area contributed by atoms with Crippen LogP contribution in [-0.2, 0) is 0 Å². The Hall–Kier alpha value is -2.26. The van der Waals surface area contributed by atoms with E-state index in [-0.39, 0.29) is 6.04 Å². The number of aryl methyl sites for hydroxylation is 1. The average molecular weight is 263 g/mol. The third kappa shape index (κ3) is 2.40. The number of hydrogen-bond acceptors (Lipinski definition) is 3. The number of fused-ring (bicyclic) bond motifs is 1. The molecule has 1 heterocycles. The van der Waals surface area contributed by atoms with Crippen molar-refractivity contribution in [2.24, 2.45) is 0 Å². The second-order valence-corrected chi connectivity index (χ2v) is 4.94. The number of benzene rings is 2. The minimum absolute atomic E-state index is 0.168. The van der Waals surface area contributed by atoms with Crippen LogP contribution in [0.2, 0.25) is 0 Å². The Labute approximate surface area is 118 Å². The second kappa shape index (κ2) is 5.39. The van der Waals surface area contributed by atoms with Crippen molar-refractivity contribution >= 4 is 11.0 Å². The second-order valence-electron chi connectivity index (χ2n) is 4.94. The van der Waals surface area contributed by atoms with Gasteiger partial charge in [-0.15, -0.1) is 0 Å². The number of hydrogen-bond donors (Lipinski definition) is 1. The molecule has 1 atom stereocenters. The summed E-state index contributed by atoms with van der Waals surface area (Å²) in [5.74, 6) is 0. The van der Waals surface area contributed by atoms with Crippen molar-refractivity contribution in [1.29, 1.82) is 0 Å². The van der Waals surface area contributed by atoms with Crippen LogP contribution in [0.25, 0.3) is 11.0 Å². The zero-order chi connectivity index (χ0) is 13.9. The molecule has 0 aliphatic rings. The van der Waals surface area contributed by atoms with Crippen molar-refractivity contribution in [3.05, 3.63) is 71.5 Å². The summed E-state index contributed by atoms with van der Waals surface area (Å²) >= 11 is 0. The van der Waals surface area contributed by atoms with E-state index in [4.69, 9.17) is 0 Å². The molecule has 0 amide bonds. The molecule has 3 rings (SSSR count). The lowest BCUT2D eigenvalue weighted by molar-refractivity contribution is 0.692.